The highest BCUT2D eigenvalue weighted by Crippen LogP contribution is 2.35. The van der Waals surface area contributed by atoms with Crippen LogP contribution in [0, 0.1) is 0 Å². The van der Waals surface area contributed by atoms with Crippen LogP contribution in [0.5, 0.6) is 0 Å². The van der Waals surface area contributed by atoms with Gasteiger partial charge in [-0.3, -0.25) is 0 Å². The van der Waals surface area contributed by atoms with E-state index < -0.39 is 0 Å². The van der Waals surface area contributed by atoms with Crippen molar-refractivity contribution in [2.45, 2.75) is 19.3 Å². The molecule has 0 aliphatic rings. The van der Waals surface area contributed by atoms with Gasteiger partial charge in [-0.15, -0.1) is 0 Å². The van der Waals surface area contributed by atoms with Gasteiger partial charge in [-0.1, -0.05) is 44.2 Å². The van der Waals surface area contributed by atoms with E-state index in [0.717, 1.165) is 16.9 Å². The molecule has 0 aliphatic carbocycles. The third-order valence-corrected chi connectivity index (χ3v) is 3.24. The molecule has 0 saturated carbocycles. The zero-order valence-electron chi connectivity index (χ0n) is 10.3. The lowest BCUT2D eigenvalue weighted by atomic mass is 9.77. The smallest absolute Gasteiger partial charge is 0.0355 e. The van der Waals surface area contributed by atoms with E-state index >= 15 is 0 Å². The van der Waals surface area contributed by atoms with Crippen molar-refractivity contribution < 1.29 is 0 Å². The molecule has 0 aliphatic heterocycles. The van der Waals surface area contributed by atoms with Gasteiger partial charge in [0.2, 0.25) is 0 Å². The predicted molar refractivity (Wildman–Crippen MR) is 73.8 cm³/mol. The molecule has 0 saturated heterocycles. The molecule has 0 aromatic heterocycles. The number of nitrogen functional groups attached to an aromatic ring is 2. The van der Waals surface area contributed by atoms with Gasteiger partial charge in [0, 0.05) is 16.8 Å². The van der Waals surface area contributed by atoms with Crippen LogP contribution in [-0.4, -0.2) is 0 Å². The van der Waals surface area contributed by atoms with Gasteiger partial charge in [-0.05, 0) is 29.3 Å². The van der Waals surface area contributed by atoms with Crippen LogP contribution in [0.15, 0.2) is 48.5 Å². The SMILES string of the molecule is CC(C)(c1cccc(N)c1)c1ccccc1N. The molecule has 2 aromatic carbocycles. The monoisotopic (exact) mass is 226 g/mol. The lowest BCUT2D eigenvalue weighted by Gasteiger charge is -2.27. The molecule has 2 heteroatoms. The zero-order chi connectivity index (χ0) is 12.5. The molecule has 17 heavy (non-hydrogen) atoms. The van der Waals surface area contributed by atoms with Crippen LogP contribution in [0.2, 0.25) is 0 Å². The average molecular weight is 226 g/mol. The first-order chi connectivity index (χ1) is 8.01. The van der Waals surface area contributed by atoms with Crippen LogP contribution in [0.3, 0.4) is 0 Å². The Balaban J connectivity index is 2.53. The minimum Gasteiger partial charge on any atom is -0.399 e. The van der Waals surface area contributed by atoms with Crippen LogP contribution >= 0.6 is 0 Å². The molecule has 0 radical (unpaired) electrons. The van der Waals surface area contributed by atoms with Crippen molar-refractivity contribution in [3.05, 3.63) is 59.7 Å². The number of anilines is 2. The first-order valence-corrected chi connectivity index (χ1v) is 5.73. The molecule has 2 aromatic rings. The van der Waals surface area contributed by atoms with E-state index in [1.807, 2.05) is 36.4 Å². The Hall–Kier alpha value is -1.96. The van der Waals surface area contributed by atoms with Crippen LogP contribution in [0.4, 0.5) is 11.4 Å². The van der Waals surface area contributed by atoms with Crippen molar-refractivity contribution in [1.82, 2.24) is 0 Å². The summed E-state index contributed by atoms with van der Waals surface area (Å²) in [6.45, 7) is 4.32. The minimum atomic E-state index is -0.138. The molecule has 4 N–H and O–H groups in total. The molecular weight excluding hydrogens is 208 g/mol. The third kappa shape index (κ3) is 2.11. The lowest BCUT2D eigenvalue weighted by molar-refractivity contribution is 0.643. The van der Waals surface area contributed by atoms with Gasteiger partial charge >= 0.3 is 0 Å². The fourth-order valence-corrected chi connectivity index (χ4v) is 2.15. The summed E-state index contributed by atoms with van der Waals surface area (Å²) in [5.74, 6) is 0. The number of para-hydroxylation sites is 1. The number of benzene rings is 2. The highest BCUT2D eigenvalue weighted by Gasteiger charge is 2.24. The Morgan fingerprint density at radius 1 is 0.882 bits per heavy atom. The van der Waals surface area contributed by atoms with Gasteiger partial charge < -0.3 is 11.5 Å². The summed E-state index contributed by atoms with van der Waals surface area (Å²) in [5, 5.41) is 0. The maximum absolute atomic E-state index is 6.05. The van der Waals surface area contributed by atoms with Crippen LogP contribution in [0.25, 0.3) is 0 Å². The summed E-state index contributed by atoms with van der Waals surface area (Å²) in [7, 11) is 0. The van der Waals surface area contributed by atoms with Crippen molar-refractivity contribution in [3.63, 3.8) is 0 Å². The molecule has 2 nitrogen and oxygen atoms in total. The van der Waals surface area contributed by atoms with Crippen molar-refractivity contribution in [1.29, 1.82) is 0 Å². The first-order valence-electron chi connectivity index (χ1n) is 5.73. The molecule has 0 spiro atoms. The Morgan fingerprint density at radius 2 is 1.59 bits per heavy atom. The van der Waals surface area contributed by atoms with Gasteiger partial charge in [0.05, 0.1) is 0 Å². The Morgan fingerprint density at radius 3 is 2.24 bits per heavy atom. The molecule has 0 atom stereocenters. The largest absolute Gasteiger partial charge is 0.399 e. The number of hydrogen-bond acceptors (Lipinski definition) is 2. The first kappa shape index (κ1) is 11.5. The minimum absolute atomic E-state index is 0.138. The van der Waals surface area contributed by atoms with E-state index in [4.69, 9.17) is 11.5 Å². The zero-order valence-corrected chi connectivity index (χ0v) is 10.3. The molecule has 0 unspecified atom stereocenters. The highest BCUT2D eigenvalue weighted by molar-refractivity contribution is 5.56. The summed E-state index contributed by atoms with van der Waals surface area (Å²) in [6.07, 6.45) is 0. The lowest BCUT2D eigenvalue weighted by Crippen LogP contribution is -2.20. The second kappa shape index (κ2) is 4.13. The quantitative estimate of drug-likeness (QED) is 0.773. The maximum atomic E-state index is 6.05. The van der Waals surface area contributed by atoms with Crippen LogP contribution in [0.1, 0.15) is 25.0 Å². The fourth-order valence-electron chi connectivity index (χ4n) is 2.15. The molecule has 2 rings (SSSR count). The number of rotatable bonds is 2. The number of nitrogens with two attached hydrogens (primary N) is 2. The highest BCUT2D eigenvalue weighted by atomic mass is 14.6. The van der Waals surface area contributed by atoms with Gasteiger partial charge in [0.1, 0.15) is 0 Å². The fraction of sp³-hybridized carbons (Fsp3) is 0.200. The maximum Gasteiger partial charge on any atom is 0.0355 e. The Kier molecular flexibility index (Phi) is 2.80. The predicted octanol–water partition coefficient (Wildman–Crippen LogP) is 3.18. The standard InChI is InChI=1S/C15H18N2/c1-15(2,11-6-5-7-12(16)10-11)13-8-3-4-9-14(13)17/h3-10H,16-17H2,1-2H3. The second-order valence-electron chi connectivity index (χ2n) is 4.84. The van der Waals surface area contributed by atoms with Crippen LogP contribution < -0.4 is 11.5 Å². The Labute approximate surface area is 102 Å². The van der Waals surface area contributed by atoms with Crippen molar-refractivity contribution in [2.75, 3.05) is 11.5 Å². The average Bonchev–Trinajstić information content (AvgIpc) is 2.29. The summed E-state index contributed by atoms with van der Waals surface area (Å²) < 4.78 is 0. The van der Waals surface area contributed by atoms with Crippen molar-refractivity contribution in [2.24, 2.45) is 0 Å². The summed E-state index contributed by atoms with van der Waals surface area (Å²) >= 11 is 0. The van der Waals surface area contributed by atoms with Gasteiger partial charge in [-0.25, -0.2) is 0 Å². The van der Waals surface area contributed by atoms with E-state index in [-0.39, 0.29) is 5.41 Å². The van der Waals surface area contributed by atoms with E-state index in [1.165, 1.54) is 5.56 Å². The van der Waals surface area contributed by atoms with E-state index in [1.54, 1.807) is 0 Å². The van der Waals surface area contributed by atoms with Crippen molar-refractivity contribution in [3.8, 4) is 0 Å². The molecular formula is C15H18N2. The summed E-state index contributed by atoms with van der Waals surface area (Å²) in [6, 6.07) is 15.9. The van der Waals surface area contributed by atoms with Gasteiger partial charge in [0.25, 0.3) is 0 Å². The van der Waals surface area contributed by atoms with Gasteiger partial charge in [0.15, 0.2) is 0 Å². The third-order valence-electron chi connectivity index (χ3n) is 3.24. The normalized spacial score (nSPS) is 11.4. The number of hydrogen-bond donors (Lipinski definition) is 2. The van der Waals surface area contributed by atoms with Crippen molar-refractivity contribution >= 4 is 11.4 Å². The molecule has 0 bridgehead atoms. The molecule has 0 amide bonds. The Bertz CT molecular complexity index is 530. The van der Waals surface area contributed by atoms with E-state index in [0.29, 0.717) is 0 Å². The van der Waals surface area contributed by atoms with Gasteiger partial charge in [-0.2, -0.15) is 0 Å². The van der Waals surface area contributed by atoms with E-state index in [9.17, 15) is 0 Å². The molecule has 0 heterocycles. The van der Waals surface area contributed by atoms with E-state index in [2.05, 4.69) is 26.0 Å². The summed E-state index contributed by atoms with van der Waals surface area (Å²) in [4.78, 5) is 0. The summed E-state index contributed by atoms with van der Waals surface area (Å²) in [5.41, 5.74) is 15.7. The van der Waals surface area contributed by atoms with Crippen LogP contribution in [-0.2, 0) is 5.41 Å². The second-order valence-corrected chi connectivity index (χ2v) is 4.84. The molecule has 0 fully saturated rings. The molecule has 88 valence electrons. The topological polar surface area (TPSA) is 52.0 Å².